The molecule has 2 N–H and O–H groups in total. The van der Waals surface area contributed by atoms with E-state index >= 15 is 0 Å². The number of methoxy groups -OCH3 is 1. The Morgan fingerprint density at radius 2 is 1.45 bits per heavy atom. The van der Waals surface area contributed by atoms with Crippen LogP contribution in [0.2, 0.25) is 0 Å². The molecule has 0 aliphatic heterocycles. The maximum Gasteiger partial charge on any atom is 0.338 e. The van der Waals surface area contributed by atoms with Crippen molar-refractivity contribution < 1.29 is 33.1 Å². The molecule has 170 valence electrons. The summed E-state index contributed by atoms with van der Waals surface area (Å²) in [5.74, 6) is -2.18. The average Bonchev–Trinajstić information content (AvgIpc) is 3.35. The maximum atomic E-state index is 12.4. The number of anilines is 2. The second-order valence-electron chi connectivity index (χ2n) is 7.11. The number of aryl methyl sites for hydroxylation is 2. The highest BCUT2D eigenvalue weighted by Crippen LogP contribution is 2.20. The molecular weight excluding hydrogens is 428 g/mol. The lowest BCUT2D eigenvalue weighted by molar-refractivity contribution is -0.119. The molecule has 0 aliphatic carbocycles. The quantitative estimate of drug-likeness (QED) is 0.526. The number of hydrogen-bond donors (Lipinski definition) is 2. The van der Waals surface area contributed by atoms with E-state index in [9.17, 15) is 19.2 Å². The van der Waals surface area contributed by atoms with Crippen LogP contribution in [0.25, 0.3) is 0 Å². The highest BCUT2D eigenvalue weighted by atomic mass is 16.5. The van der Waals surface area contributed by atoms with Gasteiger partial charge in [-0.1, -0.05) is 12.1 Å². The molecule has 0 radical (unpaired) electrons. The van der Waals surface area contributed by atoms with Gasteiger partial charge in [0.2, 0.25) is 0 Å². The van der Waals surface area contributed by atoms with E-state index in [4.69, 9.17) is 9.15 Å². The van der Waals surface area contributed by atoms with Crippen molar-refractivity contribution in [3.05, 3.63) is 82.8 Å². The topological polar surface area (TPSA) is 124 Å². The standard InChI is InChI=1S/C24H22N2O7/c1-14-6-8-16(23(29)31-3)11-18(14)25-21(27)13-33-24(30)17-9-7-15(2)19(12-17)26-22(28)20-5-4-10-32-20/h4-12H,13H2,1-3H3,(H,25,27)(H,26,28). The molecule has 9 nitrogen and oxygen atoms in total. The van der Waals surface area contributed by atoms with Gasteiger partial charge in [-0.2, -0.15) is 0 Å². The fourth-order valence-electron chi connectivity index (χ4n) is 2.88. The Labute approximate surface area is 189 Å². The van der Waals surface area contributed by atoms with E-state index in [1.165, 1.54) is 37.6 Å². The van der Waals surface area contributed by atoms with Crippen LogP contribution in [0.5, 0.6) is 0 Å². The van der Waals surface area contributed by atoms with Crippen molar-refractivity contribution in [3.63, 3.8) is 0 Å². The third-order valence-electron chi connectivity index (χ3n) is 4.73. The molecule has 0 saturated carbocycles. The lowest BCUT2D eigenvalue weighted by atomic mass is 10.1. The molecule has 0 saturated heterocycles. The summed E-state index contributed by atoms with van der Waals surface area (Å²) in [6.07, 6.45) is 1.38. The van der Waals surface area contributed by atoms with Gasteiger partial charge >= 0.3 is 11.9 Å². The van der Waals surface area contributed by atoms with Crippen LogP contribution in [0.3, 0.4) is 0 Å². The number of hydrogen-bond acceptors (Lipinski definition) is 7. The van der Waals surface area contributed by atoms with Crippen molar-refractivity contribution in [2.24, 2.45) is 0 Å². The lowest BCUT2D eigenvalue weighted by Gasteiger charge is -2.11. The molecule has 0 unspecified atom stereocenters. The number of ether oxygens (including phenoxy) is 2. The van der Waals surface area contributed by atoms with Gasteiger partial charge in [-0.3, -0.25) is 9.59 Å². The van der Waals surface area contributed by atoms with Crippen LogP contribution in [0, 0.1) is 13.8 Å². The summed E-state index contributed by atoms with van der Waals surface area (Å²) in [6.45, 7) is 2.99. The number of esters is 2. The monoisotopic (exact) mass is 450 g/mol. The summed E-state index contributed by atoms with van der Waals surface area (Å²) in [5, 5.41) is 5.28. The van der Waals surface area contributed by atoms with Crippen LogP contribution >= 0.6 is 0 Å². The molecule has 2 aromatic carbocycles. The number of benzene rings is 2. The Morgan fingerprint density at radius 1 is 0.848 bits per heavy atom. The molecule has 1 heterocycles. The summed E-state index contributed by atoms with van der Waals surface area (Å²) >= 11 is 0. The first kappa shape index (κ1) is 23.3. The number of carbonyl (C=O) groups is 4. The Balaban J connectivity index is 1.62. The lowest BCUT2D eigenvalue weighted by Crippen LogP contribution is -2.22. The smallest absolute Gasteiger partial charge is 0.338 e. The molecule has 0 aliphatic rings. The molecule has 3 aromatic rings. The maximum absolute atomic E-state index is 12.4. The average molecular weight is 450 g/mol. The Bertz CT molecular complexity index is 1200. The predicted molar refractivity (Wildman–Crippen MR) is 119 cm³/mol. The Kier molecular flexibility index (Phi) is 7.24. The molecule has 0 bridgehead atoms. The molecule has 0 spiro atoms. The number of amides is 2. The predicted octanol–water partition coefficient (Wildman–Crippen LogP) is 3.73. The first-order valence-electron chi connectivity index (χ1n) is 9.90. The minimum atomic E-state index is -0.737. The molecule has 33 heavy (non-hydrogen) atoms. The van der Waals surface area contributed by atoms with E-state index in [2.05, 4.69) is 15.4 Å². The van der Waals surface area contributed by atoms with Crippen LogP contribution in [-0.2, 0) is 14.3 Å². The van der Waals surface area contributed by atoms with Crippen LogP contribution in [0.15, 0.2) is 59.2 Å². The summed E-state index contributed by atoms with van der Waals surface area (Å²) in [4.78, 5) is 48.6. The third kappa shape index (κ3) is 5.85. The van der Waals surface area contributed by atoms with Gasteiger partial charge in [0.25, 0.3) is 11.8 Å². The fourth-order valence-corrected chi connectivity index (χ4v) is 2.88. The van der Waals surface area contributed by atoms with Gasteiger partial charge in [0.05, 0.1) is 24.5 Å². The minimum Gasteiger partial charge on any atom is -0.465 e. The zero-order valence-electron chi connectivity index (χ0n) is 18.3. The van der Waals surface area contributed by atoms with E-state index in [0.29, 0.717) is 11.4 Å². The Hall–Kier alpha value is -4.40. The van der Waals surface area contributed by atoms with Gasteiger partial charge in [0.15, 0.2) is 12.4 Å². The molecule has 1 aromatic heterocycles. The molecule has 3 rings (SSSR count). The van der Waals surface area contributed by atoms with E-state index in [1.807, 2.05) is 0 Å². The van der Waals surface area contributed by atoms with Gasteiger partial charge < -0.3 is 24.5 Å². The van der Waals surface area contributed by atoms with E-state index < -0.39 is 30.4 Å². The zero-order chi connectivity index (χ0) is 24.0. The first-order chi connectivity index (χ1) is 15.8. The van der Waals surface area contributed by atoms with Crippen LogP contribution < -0.4 is 10.6 Å². The molecule has 9 heteroatoms. The van der Waals surface area contributed by atoms with Crippen LogP contribution in [0.1, 0.15) is 42.4 Å². The highest BCUT2D eigenvalue weighted by Gasteiger charge is 2.16. The van der Waals surface area contributed by atoms with Crippen molar-refractivity contribution >= 4 is 35.1 Å². The summed E-state index contributed by atoms with van der Waals surface area (Å²) < 4.78 is 14.8. The SMILES string of the molecule is COC(=O)c1ccc(C)c(NC(=O)COC(=O)c2ccc(C)c(NC(=O)c3ccco3)c2)c1. The van der Waals surface area contributed by atoms with Gasteiger partial charge in [-0.15, -0.1) is 0 Å². The summed E-state index contributed by atoms with van der Waals surface area (Å²) in [5.41, 5.74) is 2.69. The summed E-state index contributed by atoms with van der Waals surface area (Å²) in [6, 6.07) is 12.5. The molecular formula is C24H22N2O7. The van der Waals surface area contributed by atoms with Gasteiger partial charge in [-0.25, -0.2) is 9.59 Å². The van der Waals surface area contributed by atoms with Crippen molar-refractivity contribution in [3.8, 4) is 0 Å². The fraction of sp³-hybridized carbons (Fsp3) is 0.167. The first-order valence-corrected chi connectivity index (χ1v) is 9.90. The minimum absolute atomic E-state index is 0.130. The number of nitrogens with one attached hydrogen (secondary N) is 2. The van der Waals surface area contributed by atoms with E-state index in [0.717, 1.165) is 11.1 Å². The van der Waals surface area contributed by atoms with Crippen molar-refractivity contribution in [1.82, 2.24) is 0 Å². The van der Waals surface area contributed by atoms with Gasteiger partial charge in [0.1, 0.15) is 0 Å². The van der Waals surface area contributed by atoms with E-state index in [-0.39, 0.29) is 16.9 Å². The largest absolute Gasteiger partial charge is 0.465 e. The molecule has 2 amide bonds. The van der Waals surface area contributed by atoms with Crippen molar-refractivity contribution in [2.75, 3.05) is 24.4 Å². The normalized spacial score (nSPS) is 10.3. The number of rotatable bonds is 7. The van der Waals surface area contributed by atoms with Crippen molar-refractivity contribution in [1.29, 1.82) is 0 Å². The van der Waals surface area contributed by atoms with E-state index in [1.54, 1.807) is 38.1 Å². The number of carbonyl (C=O) groups excluding carboxylic acids is 4. The zero-order valence-corrected chi connectivity index (χ0v) is 18.3. The highest BCUT2D eigenvalue weighted by molar-refractivity contribution is 6.03. The summed E-state index contributed by atoms with van der Waals surface area (Å²) in [7, 11) is 1.26. The van der Waals surface area contributed by atoms with Gasteiger partial charge in [-0.05, 0) is 61.4 Å². The molecule has 0 atom stereocenters. The third-order valence-corrected chi connectivity index (χ3v) is 4.73. The van der Waals surface area contributed by atoms with Crippen molar-refractivity contribution in [2.45, 2.75) is 13.8 Å². The second-order valence-corrected chi connectivity index (χ2v) is 7.11. The second kappa shape index (κ2) is 10.3. The van der Waals surface area contributed by atoms with Gasteiger partial charge in [0, 0.05) is 11.4 Å². The van der Waals surface area contributed by atoms with Crippen LogP contribution in [-0.4, -0.2) is 37.5 Å². The Morgan fingerprint density at radius 3 is 2.03 bits per heavy atom. The van der Waals surface area contributed by atoms with Crippen LogP contribution in [0.4, 0.5) is 11.4 Å². The molecule has 0 fully saturated rings. The number of furan rings is 1.